The van der Waals surface area contributed by atoms with Gasteiger partial charge in [-0.25, -0.2) is 19.2 Å². The molecule has 1 heterocycles. The van der Waals surface area contributed by atoms with Gasteiger partial charge in [0.05, 0.1) is 22.3 Å². The van der Waals surface area contributed by atoms with Gasteiger partial charge in [-0.2, -0.15) is 0 Å². The van der Waals surface area contributed by atoms with E-state index in [0.717, 1.165) is 0 Å². The Hall–Kier alpha value is -5.32. The van der Waals surface area contributed by atoms with Crippen molar-refractivity contribution in [3.8, 4) is 0 Å². The van der Waals surface area contributed by atoms with E-state index in [2.05, 4.69) is 0 Å². The van der Waals surface area contributed by atoms with Crippen molar-refractivity contribution in [1.82, 2.24) is 0 Å². The fourth-order valence-electron chi connectivity index (χ4n) is 4.56. The first kappa shape index (κ1) is 30.1. The molecule has 5 rings (SSSR count). The van der Waals surface area contributed by atoms with E-state index in [1.165, 1.54) is 36.4 Å². The summed E-state index contributed by atoms with van der Waals surface area (Å²) >= 11 is 0. The fourth-order valence-corrected chi connectivity index (χ4v) is 4.56. The van der Waals surface area contributed by atoms with Gasteiger partial charge < -0.3 is 28.8 Å². The molecule has 224 valence electrons. The van der Waals surface area contributed by atoms with Crippen LogP contribution < -0.4 is 0 Å². The van der Waals surface area contributed by atoms with Crippen LogP contribution in [0, 0.1) is 0 Å². The van der Waals surface area contributed by atoms with Gasteiger partial charge in [-0.1, -0.05) is 72.8 Å². The quantitative estimate of drug-likeness (QED) is 0.209. The van der Waals surface area contributed by atoms with Crippen molar-refractivity contribution in [3.63, 3.8) is 0 Å². The molecule has 0 amide bonds. The van der Waals surface area contributed by atoms with Crippen LogP contribution in [0.25, 0.3) is 0 Å². The van der Waals surface area contributed by atoms with Gasteiger partial charge in [-0.3, -0.25) is 0 Å². The highest BCUT2D eigenvalue weighted by atomic mass is 16.7. The Morgan fingerprint density at radius 1 is 0.568 bits per heavy atom. The Labute approximate surface area is 252 Å². The Morgan fingerprint density at radius 2 is 0.955 bits per heavy atom. The average molecular weight is 597 g/mol. The van der Waals surface area contributed by atoms with E-state index >= 15 is 0 Å². The minimum Gasteiger partial charge on any atom is -0.459 e. The molecule has 10 heteroatoms. The van der Waals surface area contributed by atoms with Crippen LogP contribution in [0.1, 0.15) is 41.4 Å². The fraction of sp³-hybridized carbons (Fsp3) is 0.176. The van der Waals surface area contributed by atoms with Crippen molar-refractivity contribution in [3.05, 3.63) is 144 Å². The van der Waals surface area contributed by atoms with Crippen LogP contribution >= 0.6 is 0 Å². The highest BCUT2D eigenvalue weighted by Crippen LogP contribution is 2.36. The molecule has 4 aromatic carbocycles. The van der Waals surface area contributed by atoms with Crippen LogP contribution in [0.5, 0.6) is 0 Å². The lowest BCUT2D eigenvalue weighted by molar-refractivity contribution is -0.247. The number of esters is 4. The monoisotopic (exact) mass is 596 g/mol. The van der Waals surface area contributed by atoms with Crippen molar-refractivity contribution in [2.75, 3.05) is 13.2 Å². The Balaban J connectivity index is 1.44. The third-order valence-electron chi connectivity index (χ3n) is 6.77. The second kappa shape index (κ2) is 13.8. The maximum Gasteiger partial charge on any atom is 0.338 e. The van der Waals surface area contributed by atoms with E-state index in [0.29, 0.717) is 0 Å². The topological polar surface area (TPSA) is 135 Å². The van der Waals surface area contributed by atoms with E-state index in [9.17, 15) is 24.3 Å². The summed E-state index contributed by atoms with van der Waals surface area (Å²) in [7, 11) is 0. The molecule has 0 aromatic heterocycles. The summed E-state index contributed by atoms with van der Waals surface area (Å²) in [5.74, 6) is -5.67. The molecule has 0 bridgehead atoms. The first-order chi connectivity index (χ1) is 21.3. The maximum atomic E-state index is 13.2. The molecule has 0 saturated carbocycles. The summed E-state index contributed by atoms with van der Waals surface area (Å²) in [6.07, 6.45) is -4.52. The van der Waals surface area contributed by atoms with Gasteiger partial charge in [0, 0.05) is 0 Å². The van der Waals surface area contributed by atoms with Crippen molar-refractivity contribution < 1.29 is 48.0 Å². The number of ether oxygens (including phenoxy) is 5. The molecular formula is C34H28O10. The Morgan fingerprint density at radius 3 is 1.41 bits per heavy atom. The first-order valence-electron chi connectivity index (χ1n) is 13.7. The molecule has 1 aliphatic rings. The van der Waals surface area contributed by atoms with Crippen molar-refractivity contribution in [2.24, 2.45) is 0 Å². The zero-order chi connectivity index (χ0) is 30.9. The molecule has 0 spiro atoms. The van der Waals surface area contributed by atoms with E-state index in [1.807, 2.05) is 0 Å². The minimum atomic E-state index is -2.50. The Kier molecular flexibility index (Phi) is 9.43. The van der Waals surface area contributed by atoms with Crippen molar-refractivity contribution in [1.29, 1.82) is 0 Å². The van der Waals surface area contributed by atoms with Crippen molar-refractivity contribution >= 4 is 23.9 Å². The second-order valence-corrected chi connectivity index (χ2v) is 9.84. The number of aliphatic hydroxyl groups is 1. The molecule has 1 unspecified atom stereocenters. The lowest BCUT2D eigenvalue weighted by Crippen LogP contribution is -2.51. The van der Waals surface area contributed by atoms with Crippen LogP contribution in [-0.4, -0.2) is 66.3 Å². The predicted octanol–water partition coefficient (Wildman–Crippen LogP) is 4.24. The first-order valence-corrected chi connectivity index (χ1v) is 13.7. The average Bonchev–Trinajstić information content (AvgIpc) is 3.33. The maximum absolute atomic E-state index is 13.2. The van der Waals surface area contributed by atoms with Gasteiger partial charge in [-0.15, -0.1) is 0 Å². The van der Waals surface area contributed by atoms with Crippen LogP contribution in [0.3, 0.4) is 0 Å². The summed E-state index contributed by atoms with van der Waals surface area (Å²) in [5, 5.41) is 11.7. The SMILES string of the molecule is O=C(OC[C@H]1OC(O)(COC(=O)c2ccccc2)[C@@H](OC(=O)c2ccccc2)[C@@H]1OC(=O)c1ccccc1)c1ccccc1. The number of hydrogen-bond donors (Lipinski definition) is 1. The van der Waals surface area contributed by atoms with Gasteiger partial charge in [0.15, 0.2) is 12.2 Å². The molecule has 4 atom stereocenters. The van der Waals surface area contributed by atoms with Crippen LogP contribution in [0.4, 0.5) is 0 Å². The highest BCUT2D eigenvalue weighted by Gasteiger charge is 2.60. The second-order valence-electron chi connectivity index (χ2n) is 9.84. The zero-order valence-electron chi connectivity index (χ0n) is 23.3. The van der Waals surface area contributed by atoms with E-state index < -0.39 is 61.2 Å². The number of carbonyl (C=O) groups excluding carboxylic acids is 4. The summed E-state index contributed by atoms with van der Waals surface area (Å²) in [5.41, 5.74) is 0.768. The van der Waals surface area contributed by atoms with Gasteiger partial charge in [0.1, 0.15) is 19.3 Å². The third kappa shape index (κ3) is 7.17. The molecule has 1 aliphatic heterocycles. The smallest absolute Gasteiger partial charge is 0.338 e. The zero-order valence-corrected chi connectivity index (χ0v) is 23.3. The molecular weight excluding hydrogens is 568 g/mol. The standard InChI is InChI=1S/C34H28O10/c35-30(23-13-5-1-6-14-23)40-21-27-28(42-32(37)25-17-9-3-10-18-25)29(43-33(38)26-19-11-4-12-20-26)34(39,44-27)22-41-31(36)24-15-7-2-8-16-24/h1-20,27-29,39H,21-22H2/t27-,28-,29+,34?/m1/s1. The molecule has 1 fully saturated rings. The van der Waals surface area contributed by atoms with Crippen LogP contribution in [-0.2, 0) is 23.7 Å². The summed E-state index contributed by atoms with van der Waals surface area (Å²) in [6.45, 7) is -1.31. The van der Waals surface area contributed by atoms with E-state index in [1.54, 1.807) is 84.9 Å². The lowest BCUT2D eigenvalue weighted by Gasteiger charge is -2.29. The van der Waals surface area contributed by atoms with Crippen LogP contribution in [0.2, 0.25) is 0 Å². The van der Waals surface area contributed by atoms with E-state index in [4.69, 9.17) is 23.7 Å². The molecule has 4 aromatic rings. The number of rotatable bonds is 10. The minimum absolute atomic E-state index is 0.142. The van der Waals surface area contributed by atoms with E-state index in [-0.39, 0.29) is 22.3 Å². The van der Waals surface area contributed by atoms with Gasteiger partial charge in [-0.05, 0) is 48.5 Å². The number of benzene rings is 4. The lowest BCUT2D eigenvalue weighted by atomic mass is 10.0. The predicted molar refractivity (Wildman–Crippen MR) is 155 cm³/mol. The number of hydrogen-bond acceptors (Lipinski definition) is 10. The molecule has 44 heavy (non-hydrogen) atoms. The Bertz CT molecular complexity index is 1580. The van der Waals surface area contributed by atoms with Crippen LogP contribution in [0.15, 0.2) is 121 Å². The molecule has 1 saturated heterocycles. The molecule has 1 N–H and O–H groups in total. The largest absolute Gasteiger partial charge is 0.459 e. The number of carbonyl (C=O) groups is 4. The van der Waals surface area contributed by atoms with Gasteiger partial charge in [0.2, 0.25) is 5.79 Å². The van der Waals surface area contributed by atoms with Gasteiger partial charge >= 0.3 is 23.9 Å². The highest BCUT2D eigenvalue weighted by molar-refractivity contribution is 5.91. The normalized spacial score (nSPS) is 20.7. The summed E-state index contributed by atoms with van der Waals surface area (Å²) in [6, 6.07) is 32.1. The summed E-state index contributed by atoms with van der Waals surface area (Å²) < 4.78 is 28.1. The molecule has 0 aliphatic carbocycles. The molecule has 0 radical (unpaired) electrons. The van der Waals surface area contributed by atoms with Crippen molar-refractivity contribution in [2.45, 2.75) is 24.1 Å². The third-order valence-corrected chi connectivity index (χ3v) is 6.77. The summed E-state index contributed by atoms with van der Waals surface area (Å²) in [4.78, 5) is 51.8. The molecule has 10 nitrogen and oxygen atoms in total. The van der Waals surface area contributed by atoms with Gasteiger partial charge in [0.25, 0.3) is 0 Å².